The van der Waals surface area contributed by atoms with Crippen molar-refractivity contribution in [1.29, 1.82) is 0 Å². The number of benzene rings is 18. The van der Waals surface area contributed by atoms with Gasteiger partial charge in [0, 0.05) is 133 Å². The number of aromatic nitrogens is 10. The summed E-state index contributed by atoms with van der Waals surface area (Å²) in [4.78, 5) is 21.4. The van der Waals surface area contributed by atoms with Crippen LogP contribution in [0.3, 0.4) is 0 Å². The van der Waals surface area contributed by atoms with Crippen LogP contribution >= 0.6 is 0 Å². The van der Waals surface area contributed by atoms with Gasteiger partial charge < -0.3 is 27.4 Å². The number of para-hydroxylation sites is 10. The first-order chi connectivity index (χ1) is 67.2. The predicted molar refractivity (Wildman–Crippen MR) is 570 cm³/mol. The van der Waals surface area contributed by atoms with E-state index in [2.05, 4.69) is 504 Å². The maximum Gasteiger partial charge on any atom is 0.0974 e. The second kappa shape index (κ2) is 32.0. The molecule has 136 heavy (non-hydrogen) atoms. The molecule has 0 saturated heterocycles. The standard InChI is InChI=1S/2C46H31N3.C34H24N4/c1-30-25-39-37-21-11-13-23-41(37)48(35-19-9-4-10-20-35)46(39)44-43(30)45-40(29-47-44)38-22-12-14-24-42(38)49(45)36-27-33(31-15-5-2-6-16-31)26-34(28-36)32-17-7-3-8-18-32;1-30-43-39-22-12-14-24-42(39)49(36-28-33(31-15-5-2-6-16-31)27-34(29-36)32-17-7-3-8-18-32)45(43)40-26-25-38-37-21-11-13-23-41(37)48(46(38)44(40)47-30)35-19-9-4-10-20-35;1-21-29-30(34-31(35-21)25-17-9-11-19-27(25)38(34)24-15-7-4-8-16-24)22(2)36-32-26-18-10-12-20-28(26)37(33(29)32)23-13-5-3-6-14-23/h2*2-29H,1H3;3-20H,1-2H3. The van der Waals surface area contributed by atoms with Crippen LogP contribution in [0.5, 0.6) is 0 Å². The van der Waals surface area contributed by atoms with Crippen LogP contribution in [0.1, 0.15) is 22.6 Å². The molecule has 0 atom stereocenters. The Kier molecular flexibility index (Phi) is 18.6. The second-order valence-electron chi connectivity index (χ2n) is 35.6. The summed E-state index contributed by atoms with van der Waals surface area (Å²) in [5.74, 6) is 0. The first-order valence-corrected chi connectivity index (χ1v) is 46.6. The Morgan fingerprint density at radius 3 is 0.809 bits per heavy atom. The molecule has 28 rings (SSSR count). The van der Waals surface area contributed by atoms with E-state index < -0.39 is 0 Å². The molecule has 0 radical (unpaired) electrons. The zero-order valence-electron chi connectivity index (χ0n) is 75.2. The molecular weight excluding hydrogens is 1650 g/mol. The second-order valence-corrected chi connectivity index (χ2v) is 35.6. The Labute approximate surface area is 783 Å². The van der Waals surface area contributed by atoms with Crippen LogP contribution in [0.4, 0.5) is 0 Å². The summed E-state index contributed by atoms with van der Waals surface area (Å²) in [6.07, 6.45) is 2.10. The molecule has 640 valence electrons. The molecule has 0 fully saturated rings. The van der Waals surface area contributed by atoms with E-state index in [4.69, 9.17) is 19.9 Å². The lowest BCUT2D eigenvalue weighted by atomic mass is 9.97. The Morgan fingerprint density at radius 2 is 0.426 bits per heavy atom. The maximum atomic E-state index is 5.47. The van der Waals surface area contributed by atoms with E-state index in [1.54, 1.807) is 0 Å². The van der Waals surface area contributed by atoms with Gasteiger partial charge >= 0.3 is 0 Å². The number of rotatable bonds is 10. The number of nitrogens with zero attached hydrogens (tertiary/aromatic N) is 10. The minimum atomic E-state index is 1.01. The molecule has 10 heterocycles. The van der Waals surface area contributed by atoms with E-state index in [1.807, 2.05) is 0 Å². The molecule has 10 nitrogen and oxygen atoms in total. The zero-order chi connectivity index (χ0) is 90.3. The van der Waals surface area contributed by atoms with Gasteiger partial charge in [-0.25, -0.2) is 0 Å². The van der Waals surface area contributed by atoms with Crippen molar-refractivity contribution in [3.63, 3.8) is 0 Å². The van der Waals surface area contributed by atoms with Crippen LogP contribution in [0.25, 0.3) is 242 Å². The van der Waals surface area contributed by atoms with E-state index >= 15 is 0 Å². The Morgan fingerprint density at radius 1 is 0.162 bits per heavy atom. The minimum Gasteiger partial charge on any atom is -0.308 e. The van der Waals surface area contributed by atoms with Gasteiger partial charge in [-0.1, -0.05) is 309 Å². The van der Waals surface area contributed by atoms with Crippen LogP contribution < -0.4 is 0 Å². The zero-order valence-corrected chi connectivity index (χ0v) is 75.2. The van der Waals surface area contributed by atoms with Crippen molar-refractivity contribution in [2.75, 3.05) is 0 Å². The van der Waals surface area contributed by atoms with Crippen molar-refractivity contribution in [3.8, 4) is 78.6 Å². The third-order valence-corrected chi connectivity index (χ3v) is 27.7. The van der Waals surface area contributed by atoms with E-state index in [1.165, 1.54) is 126 Å². The largest absolute Gasteiger partial charge is 0.308 e. The Hall–Kier alpha value is -17.9. The molecule has 0 aliphatic rings. The summed E-state index contributed by atoms with van der Waals surface area (Å²) < 4.78 is 14.4. The smallest absolute Gasteiger partial charge is 0.0974 e. The molecule has 10 heteroatoms. The van der Waals surface area contributed by atoms with Gasteiger partial charge in [-0.05, 0) is 211 Å². The average Bonchev–Trinajstić information content (AvgIpc) is 1.53. The molecule has 0 spiro atoms. The molecule has 0 saturated carbocycles. The summed E-state index contributed by atoms with van der Waals surface area (Å²) in [6, 6.07) is 158. The summed E-state index contributed by atoms with van der Waals surface area (Å²) >= 11 is 0. The van der Waals surface area contributed by atoms with Crippen LogP contribution in [0, 0.1) is 27.7 Å². The van der Waals surface area contributed by atoms with Gasteiger partial charge in [-0.3, -0.25) is 19.9 Å². The maximum absolute atomic E-state index is 5.47. The van der Waals surface area contributed by atoms with Crippen LogP contribution in [0.2, 0.25) is 0 Å². The third-order valence-electron chi connectivity index (χ3n) is 27.7. The van der Waals surface area contributed by atoms with Crippen molar-refractivity contribution < 1.29 is 0 Å². The van der Waals surface area contributed by atoms with Gasteiger partial charge in [0.1, 0.15) is 0 Å². The van der Waals surface area contributed by atoms with Crippen molar-refractivity contribution in [1.82, 2.24) is 47.3 Å². The van der Waals surface area contributed by atoms with Gasteiger partial charge in [0.15, 0.2) is 0 Å². The first kappa shape index (κ1) is 79.1. The summed E-state index contributed by atoms with van der Waals surface area (Å²) in [5, 5.41) is 16.6. The predicted octanol–water partition coefficient (Wildman–Crippen LogP) is 32.6. The fourth-order valence-corrected chi connectivity index (χ4v) is 22.0. The van der Waals surface area contributed by atoms with E-state index in [0.29, 0.717) is 0 Å². The molecule has 0 amide bonds. The SMILES string of the molecule is Cc1cc2c3ccccc3n(-c3ccccc3)c2c2ncc3c4ccccc4n(-c4cc(-c5ccccc5)cc(-c5ccccc5)c4)c3c12.Cc1nc2c(ccc3c4ccccc4n(-c4ccccc4)c32)c2c1c1ccccc1n2-c1cc(-c2ccccc2)cc(-c2ccccc2)c1.Cc1nc2c3ccccc3n(-c3ccccc3)c2c2c(C)nc3c4ccccc4n(-c4ccccc4)c3c12. The van der Waals surface area contributed by atoms with Crippen LogP contribution in [-0.2, 0) is 0 Å². The van der Waals surface area contributed by atoms with Crippen LogP contribution in [0.15, 0.2) is 449 Å². The lowest BCUT2D eigenvalue weighted by Gasteiger charge is -2.16. The lowest BCUT2D eigenvalue weighted by Crippen LogP contribution is -2.01. The van der Waals surface area contributed by atoms with E-state index in [0.717, 1.165) is 139 Å². The molecule has 0 aliphatic heterocycles. The van der Waals surface area contributed by atoms with Crippen molar-refractivity contribution in [3.05, 3.63) is 472 Å². The molecule has 0 bridgehead atoms. The molecular formula is C126H86N10. The molecule has 10 aromatic heterocycles. The van der Waals surface area contributed by atoms with Gasteiger partial charge in [0.05, 0.1) is 88.3 Å². The number of aryl methyl sites for hydroxylation is 4. The summed E-state index contributed by atoms with van der Waals surface area (Å²) in [7, 11) is 0. The quantitative estimate of drug-likeness (QED) is 0.137. The van der Waals surface area contributed by atoms with E-state index in [-0.39, 0.29) is 0 Å². The van der Waals surface area contributed by atoms with Gasteiger partial charge in [-0.2, -0.15) is 0 Å². The monoisotopic (exact) mass is 1740 g/mol. The highest BCUT2D eigenvalue weighted by atomic mass is 15.1. The van der Waals surface area contributed by atoms with Gasteiger partial charge in [0.25, 0.3) is 0 Å². The lowest BCUT2D eigenvalue weighted by molar-refractivity contribution is 1.16. The van der Waals surface area contributed by atoms with Crippen LogP contribution in [-0.4, -0.2) is 47.3 Å². The van der Waals surface area contributed by atoms with Crippen molar-refractivity contribution in [2.45, 2.75) is 27.7 Å². The Bertz CT molecular complexity index is 9230. The van der Waals surface area contributed by atoms with Crippen molar-refractivity contribution in [2.24, 2.45) is 0 Å². The highest BCUT2D eigenvalue weighted by molar-refractivity contribution is 6.29. The minimum absolute atomic E-state index is 1.01. The molecule has 18 aromatic carbocycles. The summed E-state index contributed by atoms with van der Waals surface area (Å²) in [5.41, 5.74) is 38.4. The fraction of sp³-hybridized carbons (Fsp3) is 0.0317. The number of hydrogen-bond donors (Lipinski definition) is 0. The number of fused-ring (bicyclic) bond motifs is 27. The topological polar surface area (TPSA) is 81.1 Å². The average molecular weight is 1740 g/mol. The molecule has 28 aromatic rings. The highest BCUT2D eigenvalue weighted by Crippen LogP contribution is 2.49. The van der Waals surface area contributed by atoms with Gasteiger partial charge in [-0.15, -0.1) is 0 Å². The van der Waals surface area contributed by atoms with Gasteiger partial charge in [0.2, 0.25) is 0 Å². The summed E-state index contributed by atoms with van der Waals surface area (Å²) in [6.45, 7) is 8.70. The fourth-order valence-electron chi connectivity index (χ4n) is 22.0. The highest BCUT2D eigenvalue weighted by Gasteiger charge is 2.29. The van der Waals surface area contributed by atoms with Crippen molar-refractivity contribution >= 4 is 164 Å². The normalized spacial score (nSPS) is 11.8. The number of pyridine rings is 4. The molecule has 0 N–H and O–H groups in total. The molecule has 0 aliphatic carbocycles. The first-order valence-electron chi connectivity index (χ1n) is 46.6. The third kappa shape index (κ3) is 12.6. The number of hydrogen-bond acceptors (Lipinski definition) is 4. The molecule has 0 unspecified atom stereocenters. The Balaban J connectivity index is 0.000000107. The van der Waals surface area contributed by atoms with E-state index in [9.17, 15) is 0 Å².